The van der Waals surface area contributed by atoms with E-state index in [1.165, 1.54) is 32.1 Å². The Bertz CT molecular complexity index is 243. The second-order valence-corrected chi connectivity index (χ2v) is 5.74. The predicted octanol–water partition coefficient (Wildman–Crippen LogP) is 2.07. The van der Waals surface area contributed by atoms with Crippen LogP contribution < -0.4 is 10.6 Å². The SMILES string of the molecule is C[C@H](NC(=O)[C@@H]1CCCNC1)C1CCCCC1. The van der Waals surface area contributed by atoms with E-state index >= 15 is 0 Å². The Kier molecular flexibility index (Phi) is 4.84. The highest BCUT2D eigenvalue weighted by Gasteiger charge is 2.25. The summed E-state index contributed by atoms with van der Waals surface area (Å²) < 4.78 is 0. The van der Waals surface area contributed by atoms with Crippen LogP contribution in [0.5, 0.6) is 0 Å². The third kappa shape index (κ3) is 3.70. The van der Waals surface area contributed by atoms with Crippen molar-refractivity contribution in [1.82, 2.24) is 10.6 Å². The quantitative estimate of drug-likeness (QED) is 0.790. The first-order chi connectivity index (χ1) is 8.27. The topological polar surface area (TPSA) is 41.1 Å². The van der Waals surface area contributed by atoms with Crippen LogP contribution in [0.3, 0.4) is 0 Å². The molecule has 2 aliphatic rings. The molecule has 3 heteroatoms. The summed E-state index contributed by atoms with van der Waals surface area (Å²) in [5.74, 6) is 1.19. The molecule has 0 aromatic carbocycles. The molecule has 1 saturated carbocycles. The maximum absolute atomic E-state index is 12.1. The predicted molar refractivity (Wildman–Crippen MR) is 69.8 cm³/mol. The molecule has 0 aromatic heterocycles. The zero-order valence-electron chi connectivity index (χ0n) is 11.0. The standard InChI is InChI=1S/C14H26N2O/c1-11(12-6-3-2-4-7-12)16-14(17)13-8-5-9-15-10-13/h11-13,15H,2-10H2,1H3,(H,16,17)/t11-,13+/m0/s1. The van der Waals surface area contributed by atoms with Crippen molar-refractivity contribution in [2.45, 2.75) is 57.9 Å². The van der Waals surface area contributed by atoms with E-state index in [9.17, 15) is 4.79 Å². The van der Waals surface area contributed by atoms with Gasteiger partial charge in [0.25, 0.3) is 0 Å². The second kappa shape index (κ2) is 6.39. The normalized spacial score (nSPS) is 28.6. The van der Waals surface area contributed by atoms with E-state index in [1.54, 1.807) is 0 Å². The average Bonchev–Trinajstić information content (AvgIpc) is 2.40. The molecular weight excluding hydrogens is 212 g/mol. The van der Waals surface area contributed by atoms with Gasteiger partial charge in [0, 0.05) is 12.6 Å². The zero-order valence-corrected chi connectivity index (χ0v) is 11.0. The van der Waals surface area contributed by atoms with Gasteiger partial charge in [0.15, 0.2) is 0 Å². The molecule has 1 heterocycles. The largest absolute Gasteiger partial charge is 0.353 e. The number of amides is 1. The maximum atomic E-state index is 12.1. The summed E-state index contributed by atoms with van der Waals surface area (Å²) >= 11 is 0. The molecule has 0 unspecified atom stereocenters. The van der Waals surface area contributed by atoms with E-state index in [1.807, 2.05) is 0 Å². The van der Waals surface area contributed by atoms with Gasteiger partial charge in [-0.1, -0.05) is 19.3 Å². The van der Waals surface area contributed by atoms with E-state index < -0.39 is 0 Å². The first kappa shape index (κ1) is 12.9. The highest BCUT2D eigenvalue weighted by Crippen LogP contribution is 2.26. The molecule has 98 valence electrons. The van der Waals surface area contributed by atoms with Gasteiger partial charge < -0.3 is 10.6 Å². The van der Waals surface area contributed by atoms with Crippen LogP contribution in [0.15, 0.2) is 0 Å². The molecule has 0 bridgehead atoms. The van der Waals surface area contributed by atoms with Gasteiger partial charge in [0.2, 0.25) is 5.91 Å². The smallest absolute Gasteiger partial charge is 0.224 e. The molecule has 2 N–H and O–H groups in total. The third-order valence-electron chi connectivity index (χ3n) is 4.39. The van der Waals surface area contributed by atoms with E-state index in [0.29, 0.717) is 12.0 Å². The molecule has 2 rings (SSSR count). The van der Waals surface area contributed by atoms with E-state index in [4.69, 9.17) is 0 Å². The monoisotopic (exact) mass is 238 g/mol. The van der Waals surface area contributed by atoms with Crippen LogP contribution in [0.25, 0.3) is 0 Å². The van der Waals surface area contributed by atoms with Crippen LogP contribution in [-0.4, -0.2) is 25.0 Å². The van der Waals surface area contributed by atoms with Crippen LogP contribution >= 0.6 is 0 Å². The van der Waals surface area contributed by atoms with Crippen LogP contribution in [0.4, 0.5) is 0 Å². The highest BCUT2D eigenvalue weighted by atomic mass is 16.2. The summed E-state index contributed by atoms with van der Waals surface area (Å²) in [6.45, 7) is 4.12. The van der Waals surface area contributed by atoms with Gasteiger partial charge in [-0.05, 0) is 45.1 Å². The molecule has 0 aromatic rings. The lowest BCUT2D eigenvalue weighted by molar-refractivity contribution is -0.126. The van der Waals surface area contributed by atoms with Crippen molar-refractivity contribution >= 4 is 5.91 Å². The lowest BCUT2D eigenvalue weighted by Gasteiger charge is -2.30. The molecule has 3 nitrogen and oxygen atoms in total. The summed E-state index contributed by atoms with van der Waals surface area (Å²) in [4.78, 5) is 12.1. The van der Waals surface area contributed by atoms with Crippen molar-refractivity contribution in [2.24, 2.45) is 11.8 Å². The van der Waals surface area contributed by atoms with Crippen LogP contribution in [0.2, 0.25) is 0 Å². The number of nitrogens with one attached hydrogen (secondary N) is 2. The molecule has 1 aliphatic carbocycles. The van der Waals surface area contributed by atoms with Gasteiger partial charge in [-0.2, -0.15) is 0 Å². The van der Waals surface area contributed by atoms with Crippen LogP contribution in [0.1, 0.15) is 51.9 Å². The molecule has 2 fully saturated rings. The van der Waals surface area contributed by atoms with E-state index in [2.05, 4.69) is 17.6 Å². The molecule has 1 aliphatic heterocycles. The van der Waals surface area contributed by atoms with Crippen molar-refractivity contribution in [1.29, 1.82) is 0 Å². The number of carbonyl (C=O) groups excluding carboxylic acids is 1. The summed E-state index contributed by atoms with van der Waals surface area (Å²) in [6, 6.07) is 0.365. The fraction of sp³-hybridized carbons (Fsp3) is 0.929. The Morgan fingerprint density at radius 1 is 1.18 bits per heavy atom. The van der Waals surface area contributed by atoms with Crippen molar-refractivity contribution in [3.8, 4) is 0 Å². The molecule has 1 saturated heterocycles. The maximum Gasteiger partial charge on any atom is 0.224 e. The molecular formula is C14H26N2O. The highest BCUT2D eigenvalue weighted by molar-refractivity contribution is 5.79. The van der Waals surface area contributed by atoms with Gasteiger partial charge in [-0.15, -0.1) is 0 Å². The summed E-state index contributed by atoms with van der Waals surface area (Å²) in [6.07, 6.45) is 8.84. The van der Waals surface area contributed by atoms with E-state index in [-0.39, 0.29) is 11.8 Å². The lowest BCUT2D eigenvalue weighted by Crippen LogP contribution is -2.46. The molecule has 0 radical (unpaired) electrons. The fourth-order valence-electron chi connectivity index (χ4n) is 3.17. The molecule has 17 heavy (non-hydrogen) atoms. The molecule has 2 atom stereocenters. The zero-order chi connectivity index (χ0) is 12.1. The van der Waals surface area contributed by atoms with Crippen molar-refractivity contribution in [3.05, 3.63) is 0 Å². The average molecular weight is 238 g/mol. The summed E-state index contributed by atoms with van der Waals surface area (Å²) in [5, 5.41) is 6.55. The lowest BCUT2D eigenvalue weighted by atomic mass is 9.84. The number of piperidine rings is 1. The number of hydrogen-bond acceptors (Lipinski definition) is 2. The molecule has 0 spiro atoms. The van der Waals surface area contributed by atoms with Crippen LogP contribution in [0, 0.1) is 11.8 Å². The summed E-state index contributed by atoms with van der Waals surface area (Å²) in [5.41, 5.74) is 0. The number of carbonyl (C=O) groups is 1. The first-order valence-electron chi connectivity index (χ1n) is 7.28. The number of hydrogen-bond donors (Lipinski definition) is 2. The third-order valence-corrected chi connectivity index (χ3v) is 4.39. The Labute approximate surface area is 105 Å². The first-order valence-corrected chi connectivity index (χ1v) is 7.28. The summed E-state index contributed by atoms with van der Waals surface area (Å²) in [7, 11) is 0. The number of rotatable bonds is 3. The van der Waals surface area contributed by atoms with Crippen molar-refractivity contribution in [3.63, 3.8) is 0 Å². The Hall–Kier alpha value is -0.570. The van der Waals surface area contributed by atoms with Crippen LogP contribution in [-0.2, 0) is 4.79 Å². The Balaban J connectivity index is 1.76. The van der Waals surface area contributed by atoms with Gasteiger partial charge in [0.1, 0.15) is 0 Å². The van der Waals surface area contributed by atoms with Gasteiger partial charge in [-0.25, -0.2) is 0 Å². The van der Waals surface area contributed by atoms with E-state index in [0.717, 1.165) is 25.9 Å². The fourth-order valence-corrected chi connectivity index (χ4v) is 3.17. The minimum Gasteiger partial charge on any atom is -0.353 e. The van der Waals surface area contributed by atoms with Crippen molar-refractivity contribution in [2.75, 3.05) is 13.1 Å². The van der Waals surface area contributed by atoms with Gasteiger partial charge >= 0.3 is 0 Å². The van der Waals surface area contributed by atoms with Gasteiger partial charge in [-0.3, -0.25) is 4.79 Å². The minimum absolute atomic E-state index is 0.204. The minimum atomic E-state index is 0.204. The molecule has 1 amide bonds. The van der Waals surface area contributed by atoms with Gasteiger partial charge in [0.05, 0.1) is 5.92 Å². The Morgan fingerprint density at radius 3 is 2.59 bits per heavy atom. The second-order valence-electron chi connectivity index (χ2n) is 5.74. The Morgan fingerprint density at radius 2 is 1.94 bits per heavy atom. The van der Waals surface area contributed by atoms with Crippen molar-refractivity contribution < 1.29 is 4.79 Å².